The Morgan fingerprint density at radius 1 is 0.761 bits per heavy atom. The second-order valence-corrected chi connectivity index (χ2v) is 10.4. The van der Waals surface area contributed by atoms with Gasteiger partial charge in [0.2, 0.25) is 0 Å². The Labute approximate surface area is 271 Å². The van der Waals surface area contributed by atoms with Crippen molar-refractivity contribution in [2.24, 2.45) is 0 Å². The summed E-state index contributed by atoms with van der Waals surface area (Å²) in [5.41, 5.74) is 2.22. The van der Waals surface area contributed by atoms with Gasteiger partial charge < -0.3 is 23.7 Å². The van der Waals surface area contributed by atoms with Crippen LogP contribution in [0.15, 0.2) is 90.5 Å². The molecule has 0 saturated carbocycles. The number of halogens is 1. The van der Waals surface area contributed by atoms with Gasteiger partial charge in [0.25, 0.3) is 11.8 Å². The third-order valence-corrected chi connectivity index (χ3v) is 7.20. The average Bonchev–Trinajstić information content (AvgIpc) is 3.06. The summed E-state index contributed by atoms with van der Waals surface area (Å²) in [7, 11) is 3.01. The lowest BCUT2D eigenvalue weighted by atomic mass is 10.1. The highest BCUT2D eigenvalue weighted by atomic mass is 35.5. The Hall–Kier alpha value is -5.48. The first-order valence-electron chi connectivity index (χ1n) is 14.3. The maximum atomic E-state index is 13.4. The number of amides is 4. The molecule has 0 aliphatic carbocycles. The summed E-state index contributed by atoms with van der Waals surface area (Å²) in [6, 6.07) is 23.9. The van der Waals surface area contributed by atoms with Crippen LogP contribution in [0.5, 0.6) is 28.7 Å². The largest absolute Gasteiger partial charge is 0.494 e. The van der Waals surface area contributed by atoms with Crippen molar-refractivity contribution in [2.75, 3.05) is 25.7 Å². The summed E-state index contributed by atoms with van der Waals surface area (Å²) in [6.07, 6.45) is 1.34. The maximum Gasteiger partial charge on any atom is 0.335 e. The molecular formula is C35H31ClN2O8. The number of barbiturate groups is 1. The number of benzene rings is 4. The second-order valence-electron chi connectivity index (χ2n) is 9.97. The summed E-state index contributed by atoms with van der Waals surface area (Å²) in [5, 5.41) is 2.39. The first kappa shape index (κ1) is 31.9. The van der Waals surface area contributed by atoms with Crippen LogP contribution in [0.2, 0.25) is 5.02 Å². The number of nitrogens with zero attached hydrogens (tertiary/aromatic N) is 1. The minimum Gasteiger partial charge on any atom is -0.494 e. The van der Waals surface area contributed by atoms with Crippen LogP contribution in [0.25, 0.3) is 6.08 Å². The van der Waals surface area contributed by atoms with Crippen molar-refractivity contribution in [2.45, 2.75) is 20.1 Å². The van der Waals surface area contributed by atoms with E-state index in [0.29, 0.717) is 36.0 Å². The van der Waals surface area contributed by atoms with Crippen LogP contribution >= 0.6 is 11.6 Å². The molecule has 5 rings (SSSR count). The molecule has 4 aromatic rings. The summed E-state index contributed by atoms with van der Waals surface area (Å²) in [6.45, 7) is 2.84. The van der Waals surface area contributed by atoms with Crippen LogP contribution in [-0.4, -0.2) is 38.7 Å². The molecule has 11 heteroatoms. The normalized spacial score (nSPS) is 13.8. The Morgan fingerprint density at radius 2 is 1.48 bits per heavy atom. The van der Waals surface area contributed by atoms with E-state index >= 15 is 0 Å². The van der Waals surface area contributed by atoms with Gasteiger partial charge >= 0.3 is 6.03 Å². The molecule has 10 nitrogen and oxygen atoms in total. The lowest BCUT2D eigenvalue weighted by Crippen LogP contribution is -2.54. The molecule has 0 spiro atoms. The third kappa shape index (κ3) is 7.24. The van der Waals surface area contributed by atoms with Crippen LogP contribution in [-0.2, 0) is 22.8 Å². The van der Waals surface area contributed by atoms with E-state index in [4.69, 9.17) is 35.3 Å². The van der Waals surface area contributed by atoms with E-state index in [2.05, 4.69) is 5.32 Å². The molecular weight excluding hydrogens is 612 g/mol. The molecule has 236 valence electrons. The Bertz CT molecular complexity index is 1770. The van der Waals surface area contributed by atoms with Crippen molar-refractivity contribution in [3.8, 4) is 28.7 Å². The first-order chi connectivity index (χ1) is 22.3. The Kier molecular flexibility index (Phi) is 10.1. The van der Waals surface area contributed by atoms with E-state index in [0.717, 1.165) is 16.0 Å². The first-order valence-corrected chi connectivity index (χ1v) is 14.7. The fraction of sp³-hybridized carbons (Fsp3) is 0.171. The second kappa shape index (κ2) is 14.5. The average molecular weight is 643 g/mol. The lowest BCUT2D eigenvalue weighted by molar-refractivity contribution is -0.122. The number of imide groups is 2. The summed E-state index contributed by atoms with van der Waals surface area (Å²) >= 11 is 6.60. The predicted molar refractivity (Wildman–Crippen MR) is 173 cm³/mol. The summed E-state index contributed by atoms with van der Waals surface area (Å²) in [4.78, 5) is 39.6. The van der Waals surface area contributed by atoms with Gasteiger partial charge in [0.05, 0.1) is 31.5 Å². The van der Waals surface area contributed by atoms with E-state index < -0.39 is 17.8 Å². The lowest BCUT2D eigenvalue weighted by Gasteiger charge is -2.26. The Morgan fingerprint density at radius 3 is 2.17 bits per heavy atom. The van der Waals surface area contributed by atoms with Crippen molar-refractivity contribution in [3.05, 3.63) is 112 Å². The van der Waals surface area contributed by atoms with Gasteiger partial charge in [-0.2, -0.15) is 0 Å². The molecule has 1 saturated heterocycles. The molecule has 0 radical (unpaired) electrons. The van der Waals surface area contributed by atoms with Crippen LogP contribution < -0.4 is 33.9 Å². The smallest absolute Gasteiger partial charge is 0.335 e. The molecule has 1 fully saturated rings. The molecule has 1 aliphatic heterocycles. The van der Waals surface area contributed by atoms with E-state index in [1.165, 1.54) is 19.3 Å². The fourth-order valence-electron chi connectivity index (χ4n) is 4.69. The molecule has 0 atom stereocenters. The SMILES string of the molecule is CCOc1ccc(N2C(=O)NC(=O)/C(=C\c3cc(Cl)c(OCc4ccc(OCc5ccccc5)c(OC)c4)c(OC)c3)C2=O)cc1. The summed E-state index contributed by atoms with van der Waals surface area (Å²) < 4.78 is 28.5. The molecule has 0 aromatic heterocycles. The number of ether oxygens (including phenoxy) is 5. The highest BCUT2D eigenvalue weighted by molar-refractivity contribution is 6.39. The molecule has 4 amide bonds. The van der Waals surface area contributed by atoms with Gasteiger partial charge in [0.15, 0.2) is 23.0 Å². The van der Waals surface area contributed by atoms with E-state index in [-0.39, 0.29) is 34.4 Å². The number of hydrogen-bond donors (Lipinski definition) is 1. The number of urea groups is 1. The van der Waals surface area contributed by atoms with Gasteiger partial charge in [0.1, 0.15) is 24.5 Å². The van der Waals surface area contributed by atoms with Gasteiger partial charge in [-0.1, -0.05) is 48.0 Å². The van der Waals surface area contributed by atoms with Crippen LogP contribution in [0.3, 0.4) is 0 Å². The van der Waals surface area contributed by atoms with Crippen LogP contribution in [0.1, 0.15) is 23.6 Å². The number of nitrogens with one attached hydrogen (secondary N) is 1. The van der Waals surface area contributed by atoms with Crippen molar-refractivity contribution in [1.29, 1.82) is 0 Å². The van der Waals surface area contributed by atoms with E-state index in [9.17, 15) is 14.4 Å². The zero-order valence-electron chi connectivity index (χ0n) is 25.4. The van der Waals surface area contributed by atoms with Crippen molar-refractivity contribution in [3.63, 3.8) is 0 Å². The van der Waals surface area contributed by atoms with Gasteiger partial charge in [-0.05, 0) is 78.2 Å². The predicted octanol–water partition coefficient (Wildman–Crippen LogP) is 6.58. The highest BCUT2D eigenvalue weighted by Crippen LogP contribution is 2.38. The Balaban J connectivity index is 1.32. The zero-order valence-corrected chi connectivity index (χ0v) is 26.1. The fourth-order valence-corrected chi connectivity index (χ4v) is 4.97. The van der Waals surface area contributed by atoms with Gasteiger partial charge in [0, 0.05) is 0 Å². The molecule has 4 aromatic carbocycles. The molecule has 46 heavy (non-hydrogen) atoms. The number of rotatable bonds is 12. The molecule has 1 heterocycles. The van der Waals surface area contributed by atoms with Crippen molar-refractivity contribution >= 4 is 41.2 Å². The quantitative estimate of drug-likeness (QED) is 0.136. The van der Waals surface area contributed by atoms with Gasteiger partial charge in [-0.15, -0.1) is 0 Å². The highest BCUT2D eigenvalue weighted by Gasteiger charge is 2.37. The van der Waals surface area contributed by atoms with E-state index in [1.54, 1.807) is 37.4 Å². The van der Waals surface area contributed by atoms with Gasteiger partial charge in [-0.25, -0.2) is 9.69 Å². The van der Waals surface area contributed by atoms with Crippen molar-refractivity contribution in [1.82, 2.24) is 5.32 Å². The zero-order chi connectivity index (χ0) is 32.6. The number of hydrogen-bond acceptors (Lipinski definition) is 8. The molecule has 0 unspecified atom stereocenters. The molecule has 1 aliphatic rings. The van der Waals surface area contributed by atoms with Crippen LogP contribution in [0, 0.1) is 0 Å². The maximum absolute atomic E-state index is 13.4. The minimum absolute atomic E-state index is 0.131. The number of anilines is 1. The number of carbonyl (C=O) groups is 3. The minimum atomic E-state index is -0.858. The van der Waals surface area contributed by atoms with Gasteiger partial charge in [-0.3, -0.25) is 14.9 Å². The van der Waals surface area contributed by atoms with Crippen molar-refractivity contribution < 1.29 is 38.1 Å². The monoisotopic (exact) mass is 642 g/mol. The third-order valence-electron chi connectivity index (χ3n) is 6.92. The van der Waals surface area contributed by atoms with Crippen LogP contribution in [0.4, 0.5) is 10.5 Å². The number of methoxy groups -OCH3 is 2. The van der Waals surface area contributed by atoms with E-state index in [1.807, 2.05) is 55.5 Å². The summed E-state index contributed by atoms with van der Waals surface area (Å²) in [5.74, 6) is 0.627. The standard InChI is InChI=1S/C35H31ClN2O8/c1-4-44-26-13-11-25(12-14-26)38-34(40)27(33(39)37-35(38)41)16-24-17-28(36)32(31(19-24)43-3)46-21-23-10-15-29(30(18-23)42-2)45-20-22-8-6-5-7-9-22/h5-19H,4,20-21H2,1-3H3,(H,37,39,41)/b27-16+. The topological polar surface area (TPSA) is 113 Å². The number of carbonyl (C=O) groups excluding carboxylic acids is 3. The molecule has 1 N–H and O–H groups in total. The molecule has 0 bridgehead atoms.